The Bertz CT molecular complexity index is 261. The average molecular weight is 167 g/mol. The Morgan fingerprint density at radius 3 is 2.92 bits per heavy atom. The van der Waals surface area contributed by atoms with Crippen molar-refractivity contribution in [2.75, 3.05) is 6.61 Å². The summed E-state index contributed by atoms with van der Waals surface area (Å²) >= 11 is 0. The van der Waals surface area contributed by atoms with E-state index < -0.39 is 0 Å². The Morgan fingerprint density at radius 2 is 2.33 bits per heavy atom. The topological polar surface area (TPSA) is 42.4 Å². The van der Waals surface area contributed by atoms with Gasteiger partial charge in [-0.2, -0.15) is 0 Å². The lowest BCUT2D eigenvalue weighted by Gasteiger charge is -2.05. The molecule has 0 aromatic carbocycles. The molecule has 0 radical (unpaired) electrons. The van der Waals surface area contributed by atoms with Gasteiger partial charge in [0.2, 0.25) is 5.88 Å². The highest BCUT2D eigenvalue weighted by molar-refractivity contribution is 5.30. The molecule has 1 aromatic rings. The van der Waals surface area contributed by atoms with Crippen molar-refractivity contribution < 1.29 is 9.84 Å². The second-order valence-corrected chi connectivity index (χ2v) is 2.66. The summed E-state index contributed by atoms with van der Waals surface area (Å²) in [6, 6.07) is 1.64. The number of nitrogens with zero attached hydrogens (tertiary/aromatic N) is 1. The molecule has 0 saturated heterocycles. The molecule has 0 bridgehead atoms. The zero-order valence-corrected chi connectivity index (χ0v) is 7.37. The third-order valence-corrected chi connectivity index (χ3v) is 1.46. The summed E-state index contributed by atoms with van der Waals surface area (Å²) in [4.78, 5) is 3.94. The minimum Gasteiger partial charge on any atom is -0.506 e. The maximum absolute atomic E-state index is 9.04. The third-order valence-electron chi connectivity index (χ3n) is 1.46. The van der Waals surface area contributed by atoms with Gasteiger partial charge in [-0.3, -0.25) is 0 Å². The molecular weight excluding hydrogens is 154 g/mol. The second kappa shape index (κ2) is 3.95. The average Bonchev–Trinajstić information content (AvgIpc) is 2.03. The van der Waals surface area contributed by atoms with Crippen molar-refractivity contribution in [1.82, 2.24) is 4.98 Å². The van der Waals surface area contributed by atoms with Crippen molar-refractivity contribution in [2.24, 2.45) is 0 Å². The van der Waals surface area contributed by atoms with Crippen LogP contribution in [-0.4, -0.2) is 16.7 Å². The van der Waals surface area contributed by atoms with Crippen LogP contribution >= 0.6 is 0 Å². The van der Waals surface area contributed by atoms with Gasteiger partial charge in [0.05, 0.1) is 12.8 Å². The van der Waals surface area contributed by atoms with Crippen LogP contribution < -0.4 is 4.74 Å². The predicted molar refractivity (Wildman–Crippen MR) is 46.4 cm³/mol. The summed E-state index contributed by atoms with van der Waals surface area (Å²) in [5.74, 6) is 0.783. The largest absolute Gasteiger partial charge is 0.506 e. The minimum absolute atomic E-state index is 0.177. The molecule has 0 amide bonds. The van der Waals surface area contributed by atoms with E-state index in [9.17, 15) is 0 Å². The standard InChI is InChI=1S/C9H13NO2/c1-3-4-12-9-7(2)5-8(11)6-10-9/h5-6,11H,3-4H2,1-2H3. The predicted octanol–water partition coefficient (Wildman–Crippen LogP) is 1.88. The molecular formula is C9H13NO2. The van der Waals surface area contributed by atoms with Gasteiger partial charge in [-0.05, 0) is 19.4 Å². The van der Waals surface area contributed by atoms with Gasteiger partial charge in [-0.15, -0.1) is 0 Å². The van der Waals surface area contributed by atoms with Gasteiger partial charge in [-0.1, -0.05) is 6.92 Å². The number of aromatic hydroxyl groups is 1. The number of aryl methyl sites for hydroxylation is 1. The van der Waals surface area contributed by atoms with E-state index >= 15 is 0 Å². The van der Waals surface area contributed by atoms with E-state index in [0.29, 0.717) is 12.5 Å². The van der Waals surface area contributed by atoms with Gasteiger partial charge < -0.3 is 9.84 Å². The number of pyridine rings is 1. The fourth-order valence-electron chi connectivity index (χ4n) is 0.897. The van der Waals surface area contributed by atoms with E-state index in [1.54, 1.807) is 6.07 Å². The highest BCUT2D eigenvalue weighted by atomic mass is 16.5. The first-order valence-corrected chi connectivity index (χ1v) is 4.02. The zero-order chi connectivity index (χ0) is 8.97. The van der Waals surface area contributed by atoms with E-state index in [-0.39, 0.29) is 5.75 Å². The van der Waals surface area contributed by atoms with E-state index in [1.165, 1.54) is 6.20 Å². The first-order chi connectivity index (χ1) is 5.74. The smallest absolute Gasteiger partial charge is 0.216 e. The van der Waals surface area contributed by atoms with Crippen LogP contribution in [0.15, 0.2) is 12.3 Å². The summed E-state index contributed by atoms with van der Waals surface area (Å²) in [5.41, 5.74) is 0.864. The van der Waals surface area contributed by atoms with Crippen molar-refractivity contribution in [3.8, 4) is 11.6 Å². The van der Waals surface area contributed by atoms with E-state index in [2.05, 4.69) is 4.98 Å². The van der Waals surface area contributed by atoms with Crippen molar-refractivity contribution in [3.63, 3.8) is 0 Å². The molecule has 0 atom stereocenters. The molecule has 0 spiro atoms. The first kappa shape index (κ1) is 8.84. The molecule has 3 heteroatoms. The van der Waals surface area contributed by atoms with Gasteiger partial charge in [0, 0.05) is 5.56 Å². The lowest BCUT2D eigenvalue weighted by atomic mass is 10.3. The highest BCUT2D eigenvalue weighted by Crippen LogP contribution is 2.18. The normalized spacial score (nSPS) is 9.83. The van der Waals surface area contributed by atoms with Crippen LogP contribution in [0.1, 0.15) is 18.9 Å². The number of aromatic nitrogens is 1. The van der Waals surface area contributed by atoms with Crippen LogP contribution in [0.4, 0.5) is 0 Å². The number of hydrogen-bond acceptors (Lipinski definition) is 3. The van der Waals surface area contributed by atoms with Gasteiger partial charge in [0.15, 0.2) is 0 Å². The van der Waals surface area contributed by atoms with Gasteiger partial charge >= 0.3 is 0 Å². The summed E-state index contributed by atoms with van der Waals surface area (Å²) in [7, 11) is 0. The quantitative estimate of drug-likeness (QED) is 0.747. The van der Waals surface area contributed by atoms with Crippen LogP contribution in [0.3, 0.4) is 0 Å². The molecule has 0 saturated carbocycles. The lowest BCUT2D eigenvalue weighted by molar-refractivity contribution is 0.302. The first-order valence-electron chi connectivity index (χ1n) is 4.02. The SMILES string of the molecule is CCCOc1ncc(O)cc1C. The second-order valence-electron chi connectivity index (χ2n) is 2.66. The Morgan fingerprint density at radius 1 is 1.58 bits per heavy atom. The Hall–Kier alpha value is -1.25. The maximum Gasteiger partial charge on any atom is 0.216 e. The molecule has 0 aliphatic rings. The summed E-state index contributed by atoms with van der Waals surface area (Å²) in [5, 5.41) is 9.04. The Kier molecular flexibility index (Phi) is 2.91. The Labute approximate surface area is 72.0 Å². The number of ether oxygens (including phenoxy) is 1. The number of hydrogen-bond donors (Lipinski definition) is 1. The van der Waals surface area contributed by atoms with Crippen LogP contribution in [0.5, 0.6) is 11.6 Å². The van der Waals surface area contributed by atoms with Crippen LogP contribution in [-0.2, 0) is 0 Å². The molecule has 1 N–H and O–H groups in total. The maximum atomic E-state index is 9.04. The zero-order valence-electron chi connectivity index (χ0n) is 7.37. The van der Waals surface area contributed by atoms with Crippen molar-refractivity contribution in [1.29, 1.82) is 0 Å². The van der Waals surface area contributed by atoms with Gasteiger partial charge in [0.1, 0.15) is 5.75 Å². The van der Waals surface area contributed by atoms with Gasteiger partial charge in [-0.25, -0.2) is 4.98 Å². The fraction of sp³-hybridized carbons (Fsp3) is 0.444. The Balaban J connectivity index is 2.72. The van der Waals surface area contributed by atoms with Gasteiger partial charge in [0.25, 0.3) is 0 Å². The van der Waals surface area contributed by atoms with Crippen molar-refractivity contribution >= 4 is 0 Å². The highest BCUT2D eigenvalue weighted by Gasteiger charge is 2.00. The van der Waals surface area contributed by atoms with Crippen molar-refractivity contribution in [3.05, 3.63) is 17.8 Å². The molecule has 66 valence electrons. The fourth-order valence-corrected chi connectivity index (χ4v) is 0.897. The third kappa shape index (κ3) is 2.12. The molecule has 3 nitrogen and oxygen atoms in total. The molecule has 0 aliphatic carbocycles. The molecule has 1 aromatic heterocycles. The van der Waals surface area contributed by atoms with E-state index in [0.717, 1.165) is 12.0 Å². The monoisotopic (exact) mass is 167 g/mol. The van der Waals surface area contributed by atoms with Crippen LogP contribution in [0, 0.1) is 6.92 Å². The molecule has 0 fully saturated rings. The number of rotatable bonds is 3. The molecule has 12 heavy (non-hydrogen) atoms. The minimum atomic E-state index is 0.177. The van der Waals surface area contributed by atoms with Crippen LogP contribution in [0.25, 0.3) is 0 Å². The molecule has 1 rings (SSSR count). The summed E-state index contributed by atoms with van der Waals surface area (Å²) in [6.07, 6.45) is 2.35. The summed E-state index contributed by atoms with van der Waals surface area (Å²) in [6.45, 7) is 4.56. The molecule has 1 heterocycles. The van der Waals surface area contributed by atoms with E-state index in [1.807, 2.05) is 13.8 Å². The summed E-state index contributed by atoms with van der Waals surface area (Å²) < 4.78 is 5.32. The molecule has 0 aliphatic heterocycles. The van der Waals surface area contributed by atoms with E-state index in [4.69, 9.17) is 9.84 Å². The van der Waals surface area contributed by atoms with Crippen molar-refractivity contribution in [2.45, 2.75) is 20.3 Å². The lowest BCUT2D eigenvalue weighted by Crippen LogP contribution is -1.98. The van der Waals surface area contributed by atoms with Crippen LogP contribution in [0.2, 0.25) is 0 Å². The molecule has 0 unspecified atom stereocenters.